The van der Waals surface area contributed by atoms with Gasteiger partial charge in [-0.2, -0.15) is 4.31 Å². The molecule has 1 atom stereocenters. The Hall–Kier alpha value is -0.910. The maximum absolute atomic E-state index is 12.7. The highest BCUT2D eigenvalue weighted by Gasteiger charge is 2.32. The normalized spacial score (nSPS) is 23.2. The Morgan fingerprint density at radius 1 is 1.21 bits per heavy atom. The summed E-state index contributed by atoms with van der Waals surface area (Å²) >= 11 is 0. The maximum atomic E-state index is 12.7. The van der Waals surface area contributed by atoms with Gasteiger partial charge in [0.25, 0.3) is 0 Å². The van der Waals surface area contributed by atoms with Gasteiger partial charge >= 0.3 is 0 Å². The van der Waals surface area contributed by atoms with Gasteiger partial charge in [0, 0.05) is 19.1 Å². The topological polar surface area (TPSA) is 40.6 Å². The van der Waals surface area contributed by atoms with Crippen molar-refractivity contribution in [1.29, 1.82) is 0 Å². The van der Waals surface area contributed by atoms with Crippen molar-refractivity contribution in [2.45, 2.75) is 30.7 Å². The van der Waals surface area contributed by atoms with Crippen molar-refractivity contribution in [3.05, 3.63) is 30.3 Å². The third kappa shape index (κ3) is 3.16. The lowest BCUT2D eigenvalue weighted by Crippen LogP contribution is -2.43. The SMILES string of the molecule is CCC1CN(C)CCCN1S(=O)(=O)c1ccccc1. The van der Waals surface area contributed by atoms with Crippen LogP contribution in [0.25, 0.3) is 0 Å². The zero-order chi connectivity index (χ0) is 13.9. The van der Waals surface area contributed by atoms with E-state index in [9.17, 15) is 8.42 Å². The van der Waals surface area contributed by atoms with Gasteiger partial charge in [-0.1, -0.05) is 25.1 Å². The Labute approximate surface area is 116 Å². The Morgan fingerprint density at radius 2 is 1.89 bits per heavy atom. The molecule has 19 heavy (non-hydrogen) atoms. The first-order valence-corrected chi connectivity index (χ1v) is 8.25. The Balaban J connectivity index is 2.32. The lowest BCUT2D eigenvalue weighted by Gasteiger charge is -2.29. The van der Waals surface area contributed by atoms with Crippen LogP contribution in [0.15, 0.2) is 35.2 Å². The van der Waals surface area contributed by atoms with E-state index < -0.39 is 10.0 Å². The summed E-state index contributed by atoms with van der Waals surface area (Å²) in [5.41, 5.74) is 0. The summed E-state index contributed by atoms with van der Waals surface area (Å²) < 4.78 is 27.1. The fourth-order valence-corrected chi connectivity index (χ4v) is 4.35. The zero-order valence-electron chi connectivity index (χ0n) is 11.6. The molecule has 0 saturated carbocycles. The van der Waals surface area contributed by atoms with E-state index in [0.29, 0.717) is 11.4 Å². The van der Waals surface area contributed by atoms with Crippen molar-refractivity contribution in [1.82, 2.24) is 9.21 Å². The molecule has 1 aromatic rings. The number of hydrogen-bond donors (Lipinski definition) is 0. The number of hydrogen-bond acceptors (Lipinski definition) is 3. The first-order valence-electron chi connectivity index (χ1n) is 6.81. The molecular formula is C14H22N2O2S. The van der Waals surface area contributed by atoms with Gasteiger partial charge in [-0.15, -0.1) is 0 Å². The molecule has 1 fully saturated rings. The van der Waals surface area contributed by atoms with E-state index in [1.807, 2.05) is 6.07 Å². The molecule has 4 nitrogen and oxygen atoms in total. The molecule has 0 amide bonds. The smallest absolute Gasteiger partial charge is 0.243 e. The quantitative estimate of drug-likeness (QED) is 0.848. The minimum absolute atomic E-state index is 0.0673. The summed E-state index contributed by atoms with van der Waals surface area (Å²) in [5, 5.41) is 0. The van der Waals surface area contributed by atoms with E-state index >= 15 is 0 Å². The van der Waals surface area contributed by atoms with Crippen LogP contribution in [0, 0.1) is 0 Å². The maximum Gasteiger partial charge on any atom is 0.243 e. The fourth-order valence-electron chi connectivity index (χ4n) is 2.60. The van der Waals surface area contributed by atoms with Gasteiger partial charge in [0.2, 0.25) is 10.0 Å². The molecule has 0 N–H and O–H groups in total. The molecule has 0 spiro atoms. The monoisotopic (exact) mass is 282 g/mol. The highest BCUT2D eigenvalue weighted by atomic mass is 32.2. The summed E-state index contributed by atoms with van der Waals surface area (Å²) in [7, 11) is -1.31. The second-order valence-corrected chi connectivity index (χ2v) is 7.00. The largest absolute Gasteiger partial charge is 0.305 e. The molecule has 0 aromatic heterocycles. The van der Waals surface area contributed by atoms with Crippen molar-refractivity contribution >= 4 is 10.0 Å². The number of sulfonamides is 1. The third-order valence-corrected chi connectivity index (χ3v) is 5.64. The molecule has 1 heterocycles. The minimum atomic E-state index is -3.36. The highest BCUT2D eigenvalue weighted by molar-refractivity contribution is 7.89. The van der Waals surface area contributed by atoms with Gasteiger partial charge < -0.3 is 4.90 Å². The molecule has 0 radical (unpaired) electrons. The molecule has 106 valence electrons. The molecule has 1 saturated heterocycles. The van der Waals surface area contributed by atoms with E-state index in [4.69, 9.17) is 0 Å². The molecule has 1 aromatic carbocycles. The number of nitrogens with zero attached hydrogens (tertiary/aromatic N) is 2. The van der Waals surface area contributed by atoms with Gasteiger partial charge in [0.05, 0.1) is 4.90 Å². The molecule has 2 rings (SSSR count). The van der Waals surface area contributed by atoms with Gasteiger partial charge in [-0.05, 0) is 38.6 Å². The van der Waals surface area contributed by atoms with Crippen LogP contribution in [0.5, 0.6) is 0 Å². The van der Waals surface area contributed by atoms with Crippen LogP contribution in [0.4, 0.5) is 0 Å². The zero-order valence-corrected chi connectivity index (χ0v) is 12.4. The first kappa shape index (κ1) is 14.5. The first-order chi connectivity index (χ1) is 9.05. The van der Waals surface area contributed by atoms with Crippen LogP contribution in [-0.4, -0.2) is 50.3 Å². The van der Waals surface area contributed by atoms with Crippen molar-refractivity contribution in [2.24, 2.45) is 0 Å². The van der Waals surface area contributed by atoms with Crippen molar-refractivity contribution in [3.63, 3.8) is 0 Å². The Bertz CT molecular complexity index is 501. The van der Waals surface area contributed by atoms with Crippen LogP contribution < -0.4 is 0 Å². The van der Waals surface area contributed by atoms with Crippen molar-refractivity contribution in [2.75, 3.05) is 26.7 Å². The standard InChI is InChI=1S/C14H22N2O2S/c1-3-13-12-15(2)10-7-11-16(13)19(17,18)14-8-5-4-6-9-14/h4-6,8-9,13H,3,7,10-12H2,1-2H3. The summed E-state index contributed by atoms with van der Waals surface area (Å²) in [6.45, 7) is 4.43. The number of rotatable bonds is 3. The van der Waals surface area contributed by atoms with E-state index in [2.05, 4.69) is 18.9 Å². The van der Waals surface area contributed by atoms with E-state index in [0.717, 1.165) is 25.9 Å². The molecule has 0 bridgehead atoms. The summed E-state index contributed by atoms with van der Waals surface area (Å²) in [4.78, 5) is 2.62. The molecule has 0 aliphatic carbocycles. The van der Waals surface area contributed by atoms with Crippen LogP contribution in [0.1, 0.15) is 19.8 Å². The van der Waals surface area contributed by atoms with E-state index in [-0.39, 0.29) is 6.04 Å². The van der Waals surface area contributed by atoms with Gasteiger partial charge in [0.15, 0.2) is 0 Å². The van der Waals surface area contributed by atoms with Crippen LogP contribution in [0.3, 0.4) is 0 Å². The van der Waals surface area contributed by atoms with Gasteiger partial charge in [-0.25, -0.2) is 8.42 Å². The predicted octanol–water partition coefficient (Wildman–Crippen LogP) is 1.79. The molecule has 1 unspecified atom stereocenters. The van der Waals surface area contributed by atoms with Crippen LogP contribution >= 0.6 is 0 Å². The molecule has 1 aliphatic rings. The number of likely N-dealkylation sites (N-methyl/N-ethyl adjacent to an activating group) is 1. The summed E-state index contributed by atoms with van der Waals surface area (Å²) in [6, 6.07) is 8.81. The van der Waals surface area contributed by atoms with E-state index in [1.165, 1.54) is 0 Å². The average Bonchev–Trinajstić information content (AvgIpc) is 2.61. The Kier molecular flexibility index (Phi) is 4.60. The lowest BCUT2D eigenvalue weighted by molar-refractivity contribution is 0.270. The van der Waals surface area contributed by atoms with Crippen molar-refractivity contribution in [3.8, 4) is 0 Å². The molecular weight excluding hydrogens is 260 g/mol. The average molecular weight is 282 g/mol. The third-order valence-electron chi connectivity index (χ3n) is 3.67. The Morgan fingerprint density at radius 3 is 2.53 bits per heavy atom. The van der Waals surface area contributed by atoms with Crippen LogP contribution in [-0.2, 0) is 10.0 Å². The molecule has 5 heteroatoms. The number of benzene rings is 1. The van der Waals surface area contributed by atoms with Crippen molar-refractivity contribution < 1.29 is 8.42 Å². The van der Waals surface area contributed by atoms with Crippen LogP contribution in [0.2, 0.25) is 0 Å². The fraction of sp³-hybridized carbons (Fsp3) is 0.571. The summed E-state index contributed by atoms with van der Waals surface area (Å²) in [6.07, 6.45) is 1.73. The van der Waals surface area contributed by atoms with E-state index in [1.54, 1.807) is 28.6 Å². The van der Waals surface area contributed by atoms with Gasteiger partial charge in [0.1, 0.15) is 0 Å². The molecule has 1 aliphatic heterocycles. The minimum Gasteiger partial charge on any atom is -0.305 e. The predicted molar refractivity (Wildman–Crippen MR) is 76.5 cm³/mol. The lowest BCUT2D eigenvalue weighted by atomic mass is 10.2. The second-order valence-electron chi connectivity index (χ2n) is 5.11. The van der Waals surface area contributed by atoms with Gasteiger partial charge in [-0.3, -0.25) is 0 Å². The summed E-state index contributed by atoms with van der Waals surface area (Å²) in [5.74, 6) is 0. The second kappa shape index (κ2) is 6.03. The highest BCUT2D eigenvalue weighted by Crippen LogP contribution is 2.22.